The molecule has 9 heteroatoms. The van der Waals surface area contributed by atoms with Crippen molar-refractivity contribution in [3.63, 3.8) is 0 Å². The van der Waals surface area contributed by atoms with E-state index in [1.165, 1.54) is 7.11 Å². The molecule has 0 aliphatic rings. The van der Waals surface area contributed by atoms with Crippen LogP contribution in [0.3, 0.4) is 0 Å². The molecule has 0 saturated heterocycles. The summed E-state index contributed by atoms with van der Waals surface area (Å²) in [5, 5.41) is 3.90. The Morgan fingerprint density at radius 3 is 2.36 bits per heavy atom. The highest BCUT2D eigenvalue weighted by Crippen LogP contribution is 2.26. The lowest BCUT2D eigenvalue weighted by Crippen LogP contribution is -2.25. The van der Waals surface area contributed by atoms with E-state index in [1.807, 2.05) is 12.1 Å². The highest BCUT2D eigenvalue weighted by atomic mass is 32.2. The van der Waals surface area contributed by atoms with Crippen LogP contribution < -0.4 is 14.2 Å². The molecule has 3 aromatic rings. The lowest BCUT2D eigenvalue weighted by molar-refractivity contribution is 0.375. The predicted octanol–water partition coefficient (Wildman–Crippen LogP) is 2.85. The average Bonchev–Trinajstić information content (AvgIpc) is 3.15. The van der Waals surface area contributed by atoms with Gasteiger partial charge in [0.25, 0.3) is 0 Å². The first kappa shape index (κ1) is 19.8. The minimum absolute atomic E-state index is 0.121. The molecule has 148 valence electrons. The van der Waals surface area contributed by atoms with Gasteiger partial charge < -0.3 is 14.0 Å². The number of hydrogen-bond donors (Lipinski definition) is 1. The number of aryl methyl sites for hydroxylation is 2. The highest BCUT2D eigenvalue weighted by molar-refractivity contribution is 7.89. The summed E-state index contributed by atoms with van der Waals surface area (Å²) in [5.41, 5.74) is 1.89. The van der Waals surface area contributed by atoms with Gasteiger partial charge in [-0.2, -0.15) is 4.98 Å². The standard InChI is InChI=1S/C19H21N3O5S/c1-12-8-16(26-4)9-13(2)18(12)28(23,24)20-11-17-21-19(22-27-17)14-6-5-7-15(10-14)25-3/h5-10,20H,11H2,1-4H3. The van der Waals surface area contributed by atoms with Gasteiger partial charge in [-0.05, 0) is 49.2 Å². The SMILES string of the molecule is COc1cccc(-c2noc(CNS(=O)(=O)c3c(C)cc(OC)cc3C)n2)c1. The van der Waals surface area contributed by atoms with Crippen molar-refractivity contribution in [3.8, 4) is 22.9 Å². The van der Waals surface area contributed by atoms with E-state index in [9.17, 15) is 8.42 Å². The first-order chi connectivity index (χ1) is 13.3. The van der Waals surface area contributed by atoms with Crippen LogP contribution in [0.5, 0.6) is 11.5 Å². The van der Waals surface area contributed by atoms with E-state index >= 15 is 0 Å². The van der Waals surface area contributed by atoms with Gasteiger partial charge in [-0.15, -0.1) is 0 Å². The van der Waals surface area contributed by atoms with Crippen LogP contribution in [-0.4, -0.2) is 32.8 Å². The van der Waals surface area contributed by atoms with Gasteiger partial charge in [0.2, 0.25) is 21.7 Å². The molecule has 2 aromatic carbocycles. The Hall–Kier alpha value is -2.91. The number of benzene rings is 2. The second kappa shape index (κ2) is 7.99. The molecule has 8 nitrogen and oxygen atoms in total. The lowest BCUT2D eigenvalue weighted by atomic mass is 10.1. The molecule has 28 heavy (non-hydrogen) atoms. The van der Waals surface area contributed by atoms with Gasteiger partial charge in [0.15, 0.2) is 0 Å². The second-order valence-electron chi connectivity index (χ2n) is 6.16. The maximum absolute atomic E-state index is 12.7. The highest BCUT2D eigenvalue weighted by Gasteiger charge is 2.21. The molecular formula is C19H21N3O5S. The largest absolute Gasteiger partial charge is 0.497 e. The molecule has 0 unspecified atom stereocenters. The van der Waals surface area contributed by atoms with Crippen molar-refractivity contribution in [1.82, 2.24) is 14.9 Å². The molecule has 0 radical (unpaired) electrons. The summed E-state index contributed by atoms with van der Waals surface area (Å²) in [5.74, 6) is 1.78. The molecule has 0 amide bonds. The summed E-state index contributed by atoms with van der Waals surface area (Å²) in [6, 6.07) is 10.5. The van der Waals surface area contributed by atoms with E-state index in [4.69, 9.17) is 14.0 Å². The maximum Gasteiger partial charge on any atom is 0.242 e. The van der Waals surface area contributed by atoms with Crippen molar-refractivity contribution in [3.05, 3.63) is 53.4 Å². The number of aromatic nitrogens is 2. The Morgan fingerprint density at radius 1 is 1.04 bits per heavy atom. The van der Waals surface area contributed by atoms with E-state index < -0.39 is 10.0 Å². The molecule has 1 aromatic heterocycles. The molecule has 3 rings (SSSR count). The summed E-state index contributed by atoms with van der Waals surface area (Å²) >= 11 is 0. The van der Waals surface area contributed by atoms with Crippen LogP contribution in [0, 0.1) is 13.8 Å². The number of sulfonamides is 1. The summed E-state index contributed by atoms with van der Waals surface area (Å²) in [7, 11) is -0.658. The summed E-state index contributed by atoms with van der Waals surface area (Å²) in [6.45, 7) is 3.32. The molecule has 0 atom stereocenters. The van der Waals surface area contributed by atoms with Crippen LogP contribution in [-0.2, 0) is 16.6 Å². The zero-order chi connectivity index (χ0) is 20.3. The number of rotatable bonds is 7. The van der Waals surface area contributed by atoms with Crippen molar-refractivity contribution >= 4 is 10.0 Å². The third-order valence-corrected chi connectivity index (χ3v) is 5.85. The van der Waals surface area contributed by atoms with E-state index in [0.717, 1.165) is 0 Å². The van der Waals surface area contributed by atoms with Gasteiger partial charge in [0.05, 0.1) is 25.7 Å². The van der Waals surface area contributed by atoms with Gasteiger partial charge in [-0.1, -0.05) is 17.3 Å². The molecule has 0 bridgehead atoms. The van der Waals surface area contributed by atoms with Gasteiger partial charge in [-0.25, -0.2) is 13.1 Å². The number of nitrogens with zero attached hydrogens (tertiary/aromatic N) is 2. The topological polar surface area (TPSA) is 104 Å². The van der Waals surface area contributed by atoms with Crippen molar-refractivity contribution in [2.75, 3.05) is 14.2 Å². The van der Waals surface area contributed by atoms with Gasteiger partial charge in [0, 0.05) is 5.56 Å². The summed E-state index contributed by atoms with van der Waals surface area (Å²) in [4.78, 5) is 4.45. The molecule has 0 spiro atoms. The Morgan fingerprint density at radius 2 is 1.71 bits per heavy atom. The first-order valence-corrected chi connectivity index (χ1v) is 9.94. The monoisotopic (exact) mass is 403 g/mol. The number of ether oxygens (including phenoxy) is 2. The molecule has 1 heterocycles. The van der Waals surface area contributed by atoms with Crippen LogP contribution in [0.2, 0.25) is 0 Å². The summed E-state index contributed by atoms with van der Waals surface area (Å²) in [6.07, 6.45) is 0. The quantitative estimate of drug-likeness (QED) is 0.647. The van der Waals surface area contributed by atoms with Crippen molar-refractivity contribution in [1.29, 1.82) is 0 Å². The van der Waals surface area contributed by atoms with Crippen molar-refractivity contribution in [2.45, 2.75) is 25.3 Å². The second-order valence-corrected chi connectivity index (χ2v) is 7.86. The number of hydrogen-bond acceptors (Lipinski definition) is 7. The van der Waals surface area contributed by atoms with Crippen LogP contribution in [0.25, 0.3) is 11.4 Å². The minimum Gasteiger partial charge on any atom is -0.497 e. The van der Waals surface area contributed by atoms with E-state index in [0.29, 0.717) is 34.0 Å². The fraction of sp³-hybridized carbons (Fsp3) is 0.263. The molecule has 0 saturated carbocycles. The maximum atomic E-state index is 12.7. The van der Waals surface area contributed by atoms with E-state index in [1.54, 1.807) is 45.2 Å². The lowest BCUT2D eigenvalue weighted by Gasteiger charge is -2.12. The van der Waals surface area contributed by atoms with Crippen LogP contribution in [0.1, 0.15) is 17.0 Å². The van der Waals surface area contributed by atoms with Gasteiger partial charge in [0.1, 0.15) is 11.5 Å². The van der Waals surface area contributed by atoms with E-state index in [2.05, 4.69) is 14.9 Å². The molecular weight excluding hydrogens is 382 g/mol. The third-order valence-electron chi connectivity index (χ3n) is 4.15. The van der Waals surface area contributed by atoms with Gasteiger partial charge >= 0.3 is 0 Å². The minimum atomic E-state index is -3.76. The molecule has 0 fully saturated rings. The Labute approximate surface area is 163 Å². The predicted molar refractivity (Wildman–Crippen MR) is 103 cm³/mol. The molecule has 0 aliphatic heterocycles. The molecule has 0 aliphatic carbocycles. The fourth-order valence-corrected chi connectivity index (χ4v) is 4.31. The average molecular weight is 403 g/mol. The fourth-order valence-electron chi connectivity index (χ4n) is 2.89. The zero-order valence-corrected chi connectivity index (χ0v) is 16.8. The number of methoxy groups -OCH3 is 2. The third kappa shape index (κ3) is 4.15. The van der Waals surface area contributed by atoms with Crippen molar-refractivity contribution in [2.24, 2.45) is 0 Å². The van der Waals surface area contributed by atoms with Gasteiger partial charge in [-0.3, -0.25) is 0 Å². The zero-order valence-electron chi connectivity index (χ0n) is 16.0. The Bertz CT molecular complexity index is 1070. The summed E-state index contributed by atoms with van der Waals surface area (Å²) < 4.78 is 43.5. The Balaban J connectivity index is 1.78. The van der Waals surface area contributed by atoms with Crippen LogP contribution in [0.15, 0.2) is 45.8 Å². The van der Waals surface area contributed by atoms with E-state index in [-0.39, 0.29) is 17.3 Å². The smallest absolute Gasteiger partial charge is 0.242 e. The first-order valence-electron chi connectivity index (χ1n) is 8.46. The number of nitrogens with one attached hydrogen (secondary N) is 1. The Kier molecular flexibility index (Phi) is 5.66. The molecule has 1 N–H and O–H groups in total. The van der Waals surface area contributed by atoms with Crippen LogP contribution in [0.4, 0.5) is 0 Å². The normalized spacial score (nSPS) is 11.4. The van der Waals surface area contributed by atoms with Crippen LogP contribution >= 0.6 is 0 Å². The van der Waals surface area contributed by atoms with Crippen molar-refractivity contribution < 1.29 is 22.4 Å².